The zero-order valence-corrected chi connectivity index (χ0v) is 15.5. The molecular formula is C18H18N4O3S. The van der Waals surface area contributed by atoms with Crippen molar-refractivity contribution in [1.82, 2.24) is 14.8 Å². The van der Waals surface area contributed by atoms with Gasteiger partial charge in [-0.15, -0.1) is 10.2 Å². The van der Waals surface area contributed by atoms with Crippen molar-refractivity contribution in [3.8, 4) is 11.4 Å². The summed E-state index contributed by atoms with van der Waals surface area (Å²) in [6.07, 6.45) is 1.60. The molecule has 26 heavy (non-hydrogen) atoms. The number of anilines is 1. The molecule has 3 rings (SSSR count). The molecule has 0 aliphatic rings. The van der Waals surface area contributed by atoms with Crippen LogP contribution in [0, 0.1) is 6.92 Å². The third-order valence-electron chi connectivity index (χ3n) is 3.85. The number of nitrogens with zero attached hydrogens (tertiary/aromatic N) is 3. The second-order valence-electron chi connectivity index (χ2n) is 5.69. The van der Waals surface area contributed by atoms with Gasteiger partial charge in [0.2, 0.25) is 5.91 Å². The molecule has 0 bridgehead atoms. The van der Waals surface area contributed by atoms with Crippen LogP contribution in [0.3, 0.4) is 0 Å². The van der Waals surface area contributed by atoms with E-state index in [1.807, 2.05) is 24.6 Å². The number of furan rings is 1. The Hall–Kier alpha value is -2.87. The van der Waals surface area contributed by atoms with Crippen LogP contribution >= 0.6 is 11.8 Å². The molecule has 7 nitrogen and oxygen atoms in total. The fourth-order valence-electron chi connectivity index (χ4n) is 2.51. The van der Waals surface area contributed by atoms with Crippen LogP contribution in [0.2, 0.25) is 0 Å². The Kier molecular flexibility index (Phi) is 5.22. The topological polar surface area (TPSA) is 90.0 Å². The number of carbonyl (C=O) groups excluding carboxylic acids is 2. The van der Waals surface area contributed by atoms with Crippen molar-refractivity contribution in [1.29, 1.82) is 0 Å². The summed E-state index contributed by atoms with van der Waals surface area (Å²) in [7, 11) is 1.84. The molecule has 0 unspecified atom stereocenters. The van der Waals surface area contributed by atoms with Gasteiger partial charge in [0.15, 0.2) is 16.8 Å². The van der Waals surface area contributed by atoms with Gasteiger partial charge in [0, 0.05) is 12.6 Å². The fraction of sp³-hybridized carbons (Fsp3) is 0.222. The lowest BCUT2D eigenvalue weighted by molar-refractivity contribution is -0.113. The molecule has 0 saturated carbocycles. The van der Waals surface area contributed by atoms with Crippen molar-refractivity contribution in [3.05, 3.63) is 47.9 Å². The van der Waals surface area contributed by atoms with E-state index in [1.165, 1.54) is 18.7 Å². The number of nitrogens with one attached hydrogen (secondary N) is 1. The number of carbonyl (C=O) groups is 2. The Labute approximate surface area is 154 Å². The molecule has 0 aliphatic heterocycles. The minimum Gasteiger partial charge on any atom is -0.469 e. The zero-order chi connectivity index (χ0) is 18.7. The number of hydrogen-bond donors (Lipinski definition) is 1. The van der Waals surface area contributed by atoms with E-state index in [9.17, 15) is 9.59 Å². The summed E-state index contributed by atoms with van der Waals surface area (Å²) < 4.78 is 7.12. The van der Waals surface area contributed by atoms with Gasteiger partial charge >= 0.3 is 0 Å². The number of benzene rings is 1. The number of ketones is 1. The average Bonchev–Trinajstić information content (AvgIpc) is 3.18. The first kappa shape index (κ1) is 17.9. The predicted octanol–water partition coefficient (Wildman–Crippen LogP) is 3.32. The molecule has 0 spiro atoms. The monoisotopic (exact) mass is 370 g/mol. The molecule has 134 valence electrons. The molecule has 2 heterocycles. The molecule has 0 atom stereocenters. The molecule has 0 aliphatic carbocycles. The van der Waals surface area contributed by atoms with Crippen LogP contribution in [-0.2, 0) is 11.8 Å². The Morgan fingerprint density at radius 1 is 1.23 bits per heavy atom. The summed E-state index contributed by atoms with van der Waals surface area (Å²) in [5, 5.41) is 11.7. The lowest BCUT2D eigenvalue weighted by atomic mass is 10.1. The van der Waals surface area contributed by atoms with Gasteiger partial charge in [0.25, 0.3) is 0 Å². The second kappa shape index (κ2) is 7.57. The highest BCUT2D eigenvalue weighted by Crippen LogP contribution is 2.26. The second-order valence-corrected chi connectivity index (χ2v) is 6.64. The highest BCUT2D eigenvalue weighted by molar-refractivity contribution is 7.99. The summed E-state index contributed by atoms with van der Waals surface area (Å²) in [5.74, 6) is 1.29. The largest absolute Gasteiger partial charge is 0.469 e. The third-order valence-corrected chi connectivity index (χ3v) is 4.87. The van der Waals surface area contributed by atoms with Gasteiger partial charge in [-0.2, -0.15) is 0 Å². The van der Waals surface area contributed by atoms with E-state index in [-0.39, 0.29) is 17.4 Å². The van der Waals surface area contributed by atoms with Gasteiger partial charge in [-0.3, -0.25) is 9.59 Å². The standard InChI is InChI=1S/C18H18N4O3S/c1-11(23)13-6-4-5-7-15(13)19-16(24)10-26-18-21-20-17(22(18)3)14-8-9-25-12(14)2/h4-9H,10H2,1-3H3,(H,19,24). The highest BCUT2D eigenvalue weighted by Gasteiger charge is 2.16. The third kappa shape index (κ3) is 3.70. The van der Waals surface area contributed by atoms with E-state index in [2.05, 4.69) is 15.5 Å². The smallest absolute Gasteiger partial charge is 0.234 e. The van der Waals surface area contributed by atoms with Crippen LogP contribution in [0.4, 0.5) is 5.69 Å². The highest BCUT2D eigenvalue weighted by atomic mass is 32.2. The number of thioether (sulfide) groups is 1. The number of aryl methyl sites for hydroxylation is 1. The number of rotatable bonds is 6. The van der Waals surface area contributed by atoms with E-state index in [1.54, 1.807) is 30.5 Å². The van der Waals surface area contributed by atoms with Crippen molar-refractivity contribution in [3.63, 3.8) is 0 Å². The van der Waals surface area contributed by atoms with Crippen molar-refractivity contribution in [2.24, 2.45) is 7.05 Å². The van der Waals surface area contributed by atoms with E-state index in [0.29, 0.717) is 22.2 Å². The number of para-hydroxylation sites is 1. The number of amides is 1. The lowest BCUT2D eigenvalue weighted by Crippen LogP contribution is -2.16. The Morgan fingerprint density at radius 2 is 2.00 bits per heavy atom. The van der Waals surface area contributed by atoms with Gasteiger partial charge in [-0.1, -0.05) is 23.9 Å². The van der Waals surface area contributed by atoms with Gasteiger partial charge < -0.3 is 14.3 Å². The molecule has 1 amide bonds. The minimum atomic E-state index is -0.215. The van der Waals surface area contributed by atoms with E-state index < -0.39 is 0 Å². The van der Waals surface area contributed by atoms with Crippen molar-refractivity contribution in [2.75, 3.05) is 11.1 Å². The molecule has 1 aromatic carbocycles. The van der Waals surface area contributed by atoms with Gasteiger partial charge in [-0.25, -0.2) is 0 Å². The Bertz CT molecular complexity index is 961. The fourth-order valence-corrected chi connectivity index (χ4v) is 3.22. The number of aromatic nitrogens is 3. The summed E-state index contributed by atoms with van der Waals surface area (Å²) in [4.78, 5) is 23.9. The molecule has 0 fully saturated rings. The summed E-state index contributed by atoms with van der Waals surface area (Å²) in [5.41, 5.74) is 1.87. The van der Waals surface area contributed by atoms with E-state index in [4.69, 9.17) is 4.42 Å². The first-order valence-corrected chi connectivity index (χ1v) is 8.92. The van der Waals surface area contributed by atoms with E-state index in [0.717, 1.165) is 11.3 Å². The summed E-state index contributed by atoms with van der Waals surface area (Å²) in [6, 6.07) is 8.77. The van der Waals surface area contributed by atoms with Crippen molar-refractivity contribution < 1.29 is 14.0 Å². The van der Waals surface area contributed by atoms with Crippen molar-refractivity contribution >= 4 is 29.1 Å². The molecule has 1 N–H and O–H groups in total. The number of Topliss-reactive ketones (excluding diaryl/α,β-unsaturated/α-hetero) is 1. The van der Waals surface area contributed by atoms with Crippen LogP contribution in [-0.4, -0.2) is 32.2 Å². The van der Waals surface area contributed by atoms with Crippen LogP contribution in [0.5, 0.6) is 0 Å². The molecule has 3 aromatic rings. The van der Waals surface area contributed by atoms with Crippen LogP contribution in [0.1, 0.15) is 23.0 Å². The minimum absolute atomic E-state index is 0.0954. The van der Waals surface area contributed by atoms with Gasteiger partial charge in [-0.05, 0) is 32.0 Å². The van der Waals surface area contributed by atoms with Crippen LogP contribution in [0.25, 0.3) is 11.4 Å². The predicted molar refractivity (Wildman–Crippen MR) is 99.2 cm³/mol. The SMILES string of the molecule is CC(=O)c1ccccc1NC(=O)CSc1nnc(-c2ccoc2C)n1C. The summed E-state index contributed by atoms with van der Waals surface area (Å²) in [6.45, 7) is 3.33. The maximum Gasteiger partial charge on any atom is 0.234 e. The first-order chi connectivity index (χ1) is 12.5. The maximum atomic E-state index is 12.2. The van der Waals surface area contributed by atoms with Gasteiger partial charge in [0.1, 0.15) is 5.76 Å². The molecule has 8 heteroatoms. The van der Waals surface area contributed by atoms with Gasteiger partial charge in [0.05, 0.1) is 23.3 Å². The molecule has 0 radical (unpaired) electrons. The maximum absolute atomic E-state index is 12.2. The molecular weight excluding hydrogens is 352 g/mol. The van der Waals surface area contributed by atoms with Crippen molar-refractivity contribution in [2.45, 2.75) is 19.0 Å². The zero-order valence-electron chi connectivity index (χ0n) is 14.6. The van der Waals surface area contributed by atoms with Crippen LogP contribution in [0.15, 0.2) is 46.2 Å². The molecule has 0 saturated heterocycles. The first-order valence-electron chi connectivity index (χ1n) is 7.94. The number of hydrogen-bond acceptors (Lipinski definition) is 6. The summed E-state index contributed by atoms with van der Waals surface area (Å²) >= 11 is 1.27. The Morgan fingerprint density at radius 3 is 2.69 bits per heavy atom. The normalized spacial score (nSPS) is 10.7. The quantitative estimate of drug-likeness (QED) is 0.529. The van der Waals surface area contributed by atoms with Crippen LogP contribution < -0.4 is 5.32 Å². The molecule has 2 aromatic heterocycles. The Balaban J connectivity index is 1.67. The van der Waals surface area contributed by atoms with E-state index >= 15 is 0 Å². The lowest BCUT2D eigenvalue weighted by Gasteiger charge is -2.08. The average molecular weight is 370 g/mol.